The summed E-state index contributed by atoms with van der Waals surface area (Å²) >= 11 is 0. The van der Waals surface area contributed by atoms with E-state index in [0.717, 1.165) is 12.0 Å². The Morgan fingerprint density at radius 2 is 1.95 bits per heavy atom. The van der Waals surface area contributed by atoms with Gasteiger partial charge in [0.1, 0.15) is 0 Å². The van der Waals surface area contributed by atoms with Crippen molar-refractivity contribution < 1.29 is 9.59 Å². The minimum atomic E-state index is -0.617. The quantitative estimate of drug-likeness (QED) is 0.764. The van der Waals surface area contributed by atoms with E-state index in [1.165, 1.54) is 4.90 Å². The maximum absolute atomic E-state index is 12.3. The van der Waals surface area contributed by atoms with Crippen LogP contribution in [0, 0.1) is 0 Å². The molecule has 0 radical (unpaired) electrons. The van der Waals surface area contributed by atoms with Crippen molar-refractivity contribution in [2.75, 3.05) is 20.1 Å². The molecule has 0 saturated carbocycles. The molecule has 1 atom stereocenters. The van der Waals surface area contributed by atoms with Crippen molar-refractivity contribution in [1.82, 2.24) is 10.2 Å². The van der Waals surface area contributed by atoms with E-state index in [0.29, 0.717) is 13.0 Å². The van der Waals surface area contributed by atoms with Gasteiger partial charge in [0.05, 0.1) is 12.6 Å². The summed E-state index contributed by atoms with van der Waals surface area (Å²) < 4.78 is 0. The van der Waals surface area contributed by atoms with Crippen LogP contribution in [0.4, 0.5) is 0 Å². The van der Waals surface area contributed by atoms with Gasteiger partial charge in [-0.1, -0.05) is 37.3 Å². The molecule has 3 N–H and O–H groups in total. The Morgan fingerprint density at radius 1 is 1.30 bits per heavy atom. The molecule has 0 aromatic heterocycles. The lowest BCUT2D eigenvalue weighted by Gasteiger charge is -2.24. The summed E-state index contributed by atoms with van der Waals surface area (Å²) in [5.41, 5.74) is 6.99. The second kappa shape index (κ2) is 8.32. The molecular formula is C15H23N3O2. The molecule has 0 saturated heterocycles. The van der Waals surface area contributed by atoms with Crippen LogP contribution >= 0.6 is 0 Å². The van der Waals surface area contributed by atoms with Gasteiger partial charge >= 0.3 is 0 Å². The average Bonchev–Trinajstić information content (AvgIpc) is 2.46. The first-order chi connectivity index (χ1) is 9.58. The molecule has 0 aliphatic carbocycles. The van der Waals surface area contributed by atoms with Gasteiger partial charge < -0.3 is 16.0 Å². The Hall–Kier alpha value is -1.88. The minimum absolute atomic E-state index is 0.0612. The maximum Gasteiger partial charge on any atom is 0.240 e. The molecule has 20 heavy (non-hydrogen) atoms. The largest absolute Gasteiger partial charge is 0.358 e. The van der Waals surface area contributed by atoms with Crippen molar-refractivity contribution in [2.45, 2.75) is 25.8 Å². The summed E-state index contributed by atoms with van der Waals surface area (Å²) in [4.78, 5) is 25.3. The number of benzene rings is 1. The number of carbonyl (C=O) groups is 2. The SMILES string of the molecule is CCCN(CC(=O)NC)C(=O)C(N)Cc1ccccc1. The highest BCUT2D eigenvalue weighted by Crippen LogP contribution is 2.05. The molecule has 0 aliphatic rings. The smallest absolute Gasteiger partial charge is 0.240 e. The van der Waals surface area contributed by atoms with E-state index < -0.39 is 6.04 Å². The van der Waals surface area contributed by atoms with Crippen molar-refractivity contribution in [2.24, 2.45) is 5.73 Å². The highest BCUT2D eigenvalue weighted by molar-refractivity contribution is 5.87. The van der Waals surface area contributed by atoms with Gasteiger partial charge in [0.25, 0.3) is 0 Å². The van der Waals surface area contributed by atoms with Crippen molar-refractivity contribution >= 4 is 11.8 Å². The van der Waals surface area contributed by atoms with Crippen LogP contribution in [0.2, 0.25) is 0 Å². The summed E-state index contributed by atoms with van der Waals surface area (Å²) in [6.07, 6.45) is 1.27. The van der Waals surface area contributed by atoms with E-state index in [2.05, 4.69) is 5.32 Å². The Kier molecular flexibility index (Phi) is 6.73. The predicted molar refractivity (Wildman–Crippen MR) is 79.1 cm³/mol. The van der Waals surface area contributed by atoms with Crippen LogP contribution in [-0.2, 0) is 16.0 Å². The van der Waals surface area contributed by atoms with Gasteiger partial charge in [-0.3, -0.25) is 9.59 Å². The predicted octanol–water partition coefficient (Wildman–Crippen LogP) is 0.541. The molecule has 5 nitrogen and oxygen atoms in total. The molecule has 0 fully saturated rings. The monoisotopic (exact) mass is 277 g/mol. The average molecular weight is 277 g/mol. The molecule has 0 aliphatic heterocycles. The highest BCUT2D eigenvalue weighted by Gasteiger charge is 2.22. The van der Waals surface area contributed by atoms with Crippen molar-refractivity contribution in [3.63, 3.8) is 0 Å². The van der Waals surface area contributed by atoms with E-state index in [1.54, 1.807) is 7.05 Å². The molecule has 110 valence electrons. The second-order valence-corrected chi connectivity index (χ2v) is 4.73. The van der Waals surface area contributed by atoms with Crippen LogP contribution in [0.1, 0.15) is 18.9 Å². The number of hydrogen-bond acceptors (Lipinski definition) is 3. The highest BCUT2D eigenvalue weighted by atomic mass is 16.2. The summed E-state index contributed by atoms with van der Waals surface area (Å²) in [6.45, 7) is 2.56. The maximum atomic E-state index is 12.3. The zero-order valence-electron chi connectivity index (χ0n) is 12.1. The van der Waals surface area contributed by atoms with E-state index in [1.807, 2.05) is 37.3 Å². The Labute approximate surface area is 120 Å². The lowest BCUT2D eigenvalue weighted by Crippen LogP contribution is -2.48. The van der Waals surface area contributed by atoms with Gasteiger partial charge in [0, 0.05) is 13.6 Å². The third-order valence-electron chi connectivity index (χ3n) is 3.03. The lowest BCUT2D eigenvalue weighted by atomic mass is 10.1. The molecule has 0 bridgehead atoms. The normalized spacial score (nSPS) is 11.8. The summed E-state index contributed by atoms with van der Waals surface area (Å²) in [5.74, 6) is -0.363. The van der Waals surface area contributed by atoms with Crippen LogP contribution in [0.3, 0.4) is 0 Å². The van der Waals surface area contributed by atoms with Gasteiger partial charge in [0.2, 0.25) is 11.8 Å². The van der Waals surface area contributed by atoms with Gasteiger partial charge in [-0.15, -0.1) is 0 Å². The van der Waals surface area contributed by atoms with Gasteiger partial charge in [0.15, 0.2) is 0 Å². The van der Waals surface area contributed by atoms with Crippen molar-refractivity contribution in [1.29, 1.82) is 0 Å². The number of nitrogens with zero attached hydrogens (tertiary/aromatic N) is 1. The second-order valence-electron chi connectivity index (χ2n) is 4.73. The van der Waals surface area contributed by atoms with Gasteiger partial charge in [-0.05, 0) is 18.4 Å². The summed E-state index contributed by atoms with van der Waals surface area (Å²) in [6, 6.07) is 9.02. The minimum Gasteiger partial charge on any atom is -0.358 e. The lowest BCUT2D eigenvalue weighted by molar-refractivity contribution is -0.137. The van der Waals surface area contributed by atoms with Gasteiger partial charge in [-0.25, -0.2) is 0 Å². The number of nitrogens with two attached hydrogens (primary N) is 1. The van der Waals surface area contributed by atoms with E-state index in [9.17, 15) is 9.59 Å². The number of rotatable bonds is 7. The van der Waals surface area contributed by atoms with Crippen LogP contribution < -0.4 is 11.1 Å². The molecule has 0 heterocycles. The molecule has 1 aromatic rings. The van der Waals surface area contributed by atoms with Crippen molar-refractivity contribution in [3.05, 3.63) is 35.9 Å². The fourth-order valence-corrected chi connectivity index (χ4v) is 1.98. The first-order valence-corrected chi connectivity index (χ1v) is 6.87. The number of likely N-dealkylation sites (N-methyl/N-ethyl adjacent to an activating group) is 1. The zero-order chi connectivity index (χ0) is 15.0. The van der Waals surface area contributed by atoms with Crippen LogP contribution in [-0.4, -0.2) is 42.9 Å². The number of nitrogens with one attached hydrogen (secondary N) is 1. The molecule has 0 spiro atoms. The Bertz CT molecular complexity index is 434. The third-order valence-corrected chi connectivity index (χ3v) is 3.03. The fraction of sp³-hybridized carbons (Fsp3) is 0.467. The number of amides is 2. The third kappa shape index (κ3) is 5.01. The van der Waals surface area contributed by atoms with Crippen molar-refractivity contribution in [3.8, 4) is 0 Å². The molecule has 1 unspecified atom stereocenters. The Balaban J connectivity index is 2.65. The molecule has 5 heteroatoms. The molecule has 1 rings (SSSR count). The first-order valence-electron chi connectivity index (χ1n) is 6.87. The molecular weight excluding hydrogens is 254 g/mol. The van der Waals surface area contributed by atoms with Crippen LogP contribution in [0.15, 0.2) is 30.3 Å². The molecule has 2 amide bonds. The van der Waals surface area contributed by atoms with Crippen LogP contribution in [0.5, 0.6) is 0 Å². The van der Waals surface area contributed by atoms with Gasteiger partial charge in [-0.2, -0.15) is 0 Å². The van der Waals surface area contributed by atoms with E-state index in [4.69, 9.17) is 5.73 Å². The zero-order valence-corrected chi connectivity index (χ0v) is 12.1. The van der Waals surface area contributed by atoms with E-state index >= 15 is 0 Å². The van der Waals surface area contributed by atoms with Crippen LogP contribution in [0.25, 0.3) is 0 Å². The first kappa shape index (κ1) is 16.2. The Morgan fingerprint density at radius 3 is 2.50 bits per heavy atom. The summed E-state index contributed by atoms with van der Waals surface area (Å²) in [5, 5.41) is 2.52. The topological polar surface area (TPSA) is 75.4 Å². The standard InChI is InChI=1S/C15H23N3O2/c1-3-9-18(11-14(19)17-2)15(20)13(16)10-12-7-5-4-6-8-12/h4-8,13H,3,9-11,16H2,1-2H3,(H,17,19). The molecule has 1 aromatic carbocycles. The summed E-state index contributed by atoms with van der Waals surface area (Å²) in [7, 11) is 1.56. The fourth-order valence-electron chi connectivity index (χ4n) is 1.98. The van der Waals surface area contributed by atoms with E-state index in [-0.39, 0.29) is 18.4 Å². The number of carbonyl (C=O) groups excluding carboxylic acids is 2. The number of hydrogen-bond donors (Lipinski definition) is 2.